The minimum absolute atomic E-state index is 0.138. The highest BCUT2D eigenvalue weighted by atomic mass is 32.2. The van der Waals surface area contributed by atoms with Crippen molar-refractivity contribution in [2.75, 3.05) is 52.7 Å². The van der Waals surface area contributed by atoms with Crippen LogP contribution >= 0.6 is 11.8 Å². The first-order valence-corrected chi connectivity index (χ1v) is 11.5. The Morgan fingerprint density at radius 1 is 1.21 bits per heavy atom. The molecule has 2 aliphatic heterocycles. The molecular weight excluding hydrogens is 386 g/mol. The summed E-state index contributed by atoms with van der Waals surface area (Å²) in [6, 6.07) is 5.68. The van der Waals surface area contributed by atoms with Gasteiger partial charge in [0.1, 0.15) is 22.1 Å². The third-order valence-electron chi connectivity index (χ3n) is 5.64. The summed E-state index contributed by atoms with van der Waals surface area (Å²) in [5.41, 5.74) is 0.155. The number of carbonyl (C=O) groups is 1. The number of carbonyl (C=O) groups excluding carboxylic acids is 1. The fourth-order valence-corrected chi connectivity index (χ4v) is 5.03. The van der Waals surface area contributed by atoms with Crippen molar-refractivity contribution in [3.63, 3.8) is 0 Å². The number of hydrogen-bond donors (Lipinski definition) is 0. The molecule has 1 fully saturated rings. The number of methoxy groups -OCH3 is 2. The van der Waals surface area contributed by atoms with Crippen LogP contribution in [0.15, 0.2) is 23.2 Å². The Balaban J connectivity index is 1.74. The summed E-state index contributed by atoms with van der Waals surface area (Å²) in [7, 11) is 3.29. The van der Waals surface area contributed by atoms with Gasteiger partial charge < -0.3 is 19.3 Å². The molecule has 0 bridgehead atoms. The van der Waals surface area contributed by atoms with Gasteiger partial charge in [-0.15, -0.1) is 11.8 Å². The molecule has 1 aromatic rings. The number of unbranched alkanes of at least 4 members (excludes halogenated alkanes) is 1. The largest absolute Gasteiger partial charge is 0.497 e. The number of hydrogen-bond acceptors (Lipinski definition) is 6. The number of amides is 1. The van der Waals surface area contributed by atoms with E-state index < -0.39 is 5.54 Å². The van der Waals surface area contributed by atoms with Crippen molar-refractivity contribution in [3.05, 3.63) is 23.8 Å². The Morgan fingerprint density at radius 3 is 2.76 bits per heavy atom. The van der Waals surface area contributed by atoms with Crippen LogP contribution in [0.3, 0.4) is 0 Å². The molecule has 6 nitrogen and oxygen atoms in total. The molecule has 1 atom stereocenters. The van der Waals surface area contributed by atoms with Gasteiger partial charge >= 0.3 is 0 Å². The van der Waals surface area contributed by atoms with E-state index in [1.54, 1.807) is 26.0 Å². The van der Waals surface area contributed by atoms with Crippen molar-refractivity contribution in [2.24, 2.45) is 4.99 Å². The molecule has 0 spiro atoms. The van der Waals surface area contributed by atoms with Crippen LogP contribution < -0.4 is 9.47 Å². The standard InChI is InChI=1S/C22H33N3O3S/c1-5-6-10-24-11-7-12-25(14-13-24)21(26)22(2)16-29-20(23-22)18-15-17(27-3)8-9-19(18)28-4/h8-9,15H,5-7,10-14,16H2,1-4H3. The quantitative estimate of drug-likeness (QED) is 0.679. The van der Waals surface area contributed by atoms with Gasteiger partial charge in [-0.25, -0.2) is 0 Å². The van der Waals surface area contributed by atoms with Gasteiger partial charge in [-0.1, -0.05) is 13.3 Å². The maximum Gasteiger partial charge on any atom is 0.251 e. The fourth-order valence-electron chi connectivity index (χ4n) is 3.85. The van der Waals surface area contributed by atoms with E-state index in [4.69, 9.17) is 14.5 Å². The van der Waals surface area contributed by atoms with E-state index in [9.17, 15) is 4.79 Å². The highest BCUT2D eigenvalue weighted by molar-refractivity contribution is 8.14. The zero-order valence-corrected chi connectivity index (χ0v) is 18.9. The third kappa shape index (κ3) is 5.07. The van der Waals surface area contributed by atoms with Crippen LogP contribution in [0.1, 0.15) is 38.7 Å². The molecule has 160 valence electrons. The molecule has 0 radical (unpaired) electrons. The number of benzene rings is 1. The summed E-state index contributed by atoms with van der Waals surface area (Å²) in [5, 5.41) is 0.844. The lowest BCUT2D eigenvalue weighted by Crippen LogP contribution is -2.47. The lowest BCUT2D eigenvalue weighted by Gasteiger charge is -2.28. The van der Waals surface area contributed by atoms with E-state index in [1.165, 1.54) is 12.8 Å². The predicted molar refractivity (Wildman–Crippen MR) is 119 cm³/mol. The first-order valence-electron chi connectivity index (χ1n) is 10.5. The van der Waals surface area contributed by atoms with Crippen LogP contribution in [0.2, 0.25) is 0 Å². The average Bonchev–Trinajstić information content (AvgIpc) is 3.00. The SMILES string of the molecule is CCCCN1CCCN(C(=O)C2(C)CSC(c3cc(OC)ccc3OC)=N2)CC1. The Labute approximate surface area is 178 Å². The van der Waals surface area contributed by atoms with Gasteiger partial charge in [-0.3, -0.25) is 9.79 Å². The van der Waals surface area contributed by atoms with Crippen molar-refractivity contribution in [3.8, 4) is 11.5 Å². The minimum Gasteiger partial charge on any atom is -0.497 e. The van der Waals surface area contributed by atoms with Crippen LogP contribution in [-0.4, -0.2) is 79.0 Å². The molecule has 1 unspecified atom stereocenters. The Bertz CT molecular complexity index is 755. The monoisotopic (exact) mass is 419 g/mol. The van der Waals surface area contributed by atoms with Gasteiger partial charge in [0.05, 0.1) is 19.8 Å². The van der Waals surface area contributed by atoms with Crippen LogP contribution in [0.4, 0.5) is 0 Å². The van der Waals surface area contributed by atoms with Crippen LogP contribution in [0.5, 0.6) is 11.5 Å². The summed E-state index contributed by atoms with van der Waals surface area (Å²) in [6.45, 7) is 8.94. The number of rotatable bonds is 7. The predicted octanol–water partition coefficient (Wildman–Crippen LogP) is 3.29. The highest BCUT2D eigenvalue weighted by Crippen LogP contribution is 2.36. The second-order valence-electron chi connectivity index (χ2n) is 7.89. The molecular formula is C22H33N3O3S. The van der Waals surface area contributed by atoms with Gasteiger partial charge in [0.25, 0.3) is 5.91 Å². The summed E-state index contributed by atoms with van der Waals surface area (Å²) in [6.07, 6.45) is 3.46. The van der Waals surface area contributed by atoms with Crippen molar-refractivity contribution in [1.82, 2.24) is 9.80 Å². The number of aliphatic imine (C=N–C) groups is 1. The van der Waals surface area contributed by atoms with Gasteiger partial charge in [0.15, 0.2) is 0 Å². The second kappa shape index (κ2) is 9.85. The Kier molecular flexibility index (Phi) is 7.46. The van der Waals surface area contributed by atoms with E-state index in [1.807, 2.05) is 30.0 Å². The Hall–Kier alpha value is -1.73. The van der Waals surface area contributed by atoms with Crippen molar-refractivity contribution < 1.29 is 14.3 Å². The fraction of sp³-hybridized carbons (Fsp3) is 0.636. The third-order valence-corrected chi connectivity index (χ3v) is 6.93. The van der Waals surface area contributed by atoms with E-state index in [-0.39, 0.29) is 5.91 Å². The van der Waals surface area contributed by atoms with Crippen molar-refractivity contribution in [2.45, 2.75) is 38.6 Å². The minimum atomic E-state index is -0.729. The molecule has 0 saturated carbocycles. The highest BCUT2D eigenvalue weighted by Gasteiger charge is 2.42. The van der Waals surface area contributed by atoms with Crippen molar-refractivity contribution >= 4 is 22.7 Å². The number of ether oxygens (including phenoxy) is 2. The van der Waals surface area contributed by atoms with Gasteiger partial charge in [0.2, 0.25) is 0 Å². The first-order chi connectivity index (χ1) is 14.0. The van der Waals surface area contributed by atoms with Gasteiger partial charge in [-0.05, 0) is 51.1 Å². The number of thioether (sulfide) groups is 1. The smallest absolute Gasteiger partial charge is 0.251 e. The summed E-state index contributed by atoms with van der Waals surface area (Å²) >= 11 is 1.62. The molecule has 0 aromatic heterocycles. The molecule has 2 heterocycles. The van der Waals surface area contributed by atoms with E-state index in [0.29, 0.717) is 5.75 Å². The summed E-state index contributed by atoms with van der Waals surface area (Å²) in [4.78, 5) is 22.8. The first kappa shape index (κ1) is 22.0. The summed E-state index contributed by atoms with van der Waals surface area (Å²) in [5.74, 6) is 2.29. The lowest BCUT2D eigenvalue weighted by molar-refractivity contribution is -0.135. The van der Waals surface area contributed by atoms with Crippen LogP contribution in [0.25, 0.3) is 0 Å². The maximum atomic E-state index is 13.4. The molecule has 29 heavy (non-hydrogen) atoms. The molecule has 7 heteroatoms. The zero-order chi connectivity index (χ0) is 20.9. The van der Waals surface area contributed by atoms with Crippen LogP contribution in [-0.2, 0) is 4.79 Å². The molecule has 3 rings (SSSR count). The van der Waals surface area contributed by atoms with Crippen molar-refractivity contribution in [1.29, 1.82) is 0 Å². The number of nitrogens with zero attached hydrogens (tertiary/aromatic N) is 3. The molecule has 0 N–H and O–H groups in total. The summed E-state index contributed by atoms with van der Waals surface area (Å²) < 4.78 is 10.9. The zero-order valence-electron chi connectivity index (χ0n) is 18.1. The van der Waals surface area contributed by atoms with E-state index >= 15 is 0 Å². The van der Waals surface area contributed by atoms with E-state index in [2.05, 4.69) is 11.8 Å². The van der Waals surface area contributed by atoms with Gasteiger partial charge in [0, 0.05) is 25.4 Å². The molecule has 1 aromatic carbocycles. The molecule has 2 aliphatic rings. The topological polar surface area (TPSA) is 54.4 Å². The molecule has 0 aliphatic carbocycles. The molecule has 1 amide bonds. The Morgan fingerprint density at radius 2 is 2.03 bits per heavy atom. The van der Waals surface area contributed by atoms with Crippen LogP contribution in [0, 0.1) is 0 Å². The maximum absolute atomic E-state index is 13.4. The van der Waals surface area contributed by atoms with E-state index in [0.717, 1.165) is 61.3 Å². The normalized spacial score (nSPS) is 22.9. The second-order valence-corrected chi connectivity index (χ2v) is 8.85. The average molecular weight is 420 g/mol. The lowest BCUT2D eigenvalue weighted by atomic mass is 10.0. The molecule has 1 saturated heterocycles. The van der Waals surface area contributed by atoms with Gasteiger partial charge in [-0.2, -0.15) is 0 Å².